The van der Waals surface area contributed by atoms with Crippen LogP contribution in [-0.2, 0) is 4.79 Å². The lowest BCUT2D eigenvalue weighted by Crippen LogP contribution is -2.23. The number of rotatable bonds is 6. The Morgan fingerprint density at radius 3 is 2.71 bits per heavy atom. The summed E-state index contributed by atoms with van der Waals surface area (Å²) >= 11 is 1.33. The van der Waals surface area contributed by atoms with E-state index < -0.39 is 10.2 Å². The normalized spacial score (nSPS) is 11.8. The first-order valence-electron chi connectivity index (χ1n) is 8.55. The van der Waals surface area contributed by atoms with E-state index in [1.165, 1.54) is 37.1 Å². The van der Waals surface area contributed by atoms with Gasteiger partial charge in [-0.2, -0.15) is 0 Å². The number of anilines is 1. The number of nitrogens with zero attached hydrogens (tertiary/aromatic N) is 2. The third kappa shape index (κ3) is 4.23. The van der Waals surface area contributed by atoms with Crippen molar-refractivity contribution in [2.75, 3.05) is 12.4 Å². The van der Waals surface area contributed by atoms with Crippen LogP contribution >= 0.6 is 11.8 Å². The van der Waals surface area contributed by atoms with Crippen molar-refractivity contribution in [3.05, 3.63) is 64.2 Å². The van der Waals surface area contributed by atoms with E-state index in [2.05, 4.69) is 10.3 Å². The van der Waals surface area contributed by atoms with E-state index >= 15 is 0 Å². The van der Waals surface area contributed by atoms with Crippen LogP contribution in [0.2, 0.25) is 0 Å². The highest BCUT2D eigenvalue weighted by Crippen LogP contribution is 2.31. The molecule has 1 atom stereocenters. The molecule has 2 aromatic carbocycles. The molecule has 3 aromatic rings. The fraction of sp³-hybridized carbons (Fsp3) is 0.200. The molecule has 0 bridgehead atoms. The number of amides is 1. The molecule has 0 radical (unpaired) electrons. The number of nitro benzene ring substituents is 1. The van der Waals surface area contributed by atoms with E-state index in [9.17, 15) is 14.9 Å². The SMILES string of the molecule is COc1ccc([N+](=O)[O-])cc1NC(=O)[C@@H](C)Sc1cc(C)c2ccccc2n1. The summed E-state index contributed by atoms with van der Waals surface area (Å²) in [7, 11) is 1.44. The minimum atomic E-state index is -0.519. The zero-order chi connectivity index (χ0) is 20.3. The second-order valence-corrected chi connectivity index (χ2v) is 7.55. The summed E-state index contributed by atoms with van der Waals surface area (Å²) in [5, 5.41) is 15.1. The molecule has 1 N–H and O–H groups in total. The Morgan fingerprint density at radius 2 is 2.00 bits per heavy atom. The smallest absolute Gasteiger partial charge is 0.271 e. The number of carbonyl (C=O) groups is 1. The van der Waals surface area contributed by atoms with E-state index in [0.717, 1.165) is 21.5 Å². The Balaban J connectivity index is 1.78. The molecule has 1 aromatic heterocycles. The van der Waals surface area contributed by atoms with E-state index in [4.69, 9.17) is 4.74 Å². The number of carbonyl (C=O) groups excluding carboxylic acids is 1. The fourth-order valence-corrected chi connectivity index (χ4v) is 3.68. The molecule has 7 nitrogen and oxygen atoms in total. The van der Waals surface area contributed by atoms with Gasteiger partial charge in [-0.1, -0.05) is 30.0 Å². The summed E-state index contributed by atoms with van der Waals surface area (Å²) in [6.07, 6.45) is 0. The maximum Gasteiger partial charge on any atom is 0.271 e. The van der Waals surface area contributed by atoms with Gasteiger partial charge in [0.2, 0.25) is 5.91 Å². The van der Waals surface area contributed by atoms with Gasteiger partial charge < -0.3 is 10.1 Å². The highest BCUT2D eigenvalue weighted by atomic mass is 32.2. The van der Waals surface area contributed by atoms with Crippen LogP contribution in [0.4, 0.5) is 11.4 Å². The maximum atomic E-state index is 12.6. The number of pyridine rings is 1. The van der Waals surface area contributed by atoms with Crippen LogP contribution < -0.4 is 10.1 Å². The Hall–Kier alpha value is -3.13. The van der Waals surface area contributed by atoms with Gasteiger partial charge in [0.25, 0.3) is 5.69 Å². The number of thioether (sulfide) groups is 1. The summed E-state index contributed by atoms with van der Waals surface area (Å²) in [4.78, 5) is 27.7. The number of hydrogen-bond acceptors (Lipinski definition) is 6. The lowest BCUT2D eigenvalue weighted by atomic mass is 10.1. The average molecular weight is 397 g/mol. The van der Waals surface area contributed by atoms with Crippen molar-refractivity contribution >= 4 is 39.9 Å². The van der Waals surface area contributed by atoms with Crippen molar-refractivity contribution in [1.29, 1.82) is 0 Å². The van der Waals surface area contributed by atoms with Crippen LogP contribution in [0.3, 0.4) is 0 Å². The van der Waals surface area contributed by atoms with Gasteiger partial charge in [-0.05, 0) is 37.6 Å². The topological polar surface area (TPSA) is 94.4 Å². The van der Waals surface area contributed by atoms with Crippen molar-refractivity contribution in [3.8, 4) is 5.75 Å². The van der Waals surface area contributed by atoms with Crippen LogP contribution in [-0.4, -0.2) is 28.2 Å². The summed E-state index contributed by atoms with van der Waals surface area (Å²) in [6, 6.07) is 13.9. The van der Waals surface area contributed by atoms with E-state index in [1.54, 1.807) is 6.92 Å². The molecular formula is C20H19N3O4S. The average Bonchev–Trinajstić information content (AvgIpc) is 2.67. The molecule has 0 saturated heterocycles. The standard InChI is InChI=1S/C20H19N3O4S/c1-12-10-19(21-16-7-5-4-6-15(12)16)28-13(2)20(24)22-17-11-14(23(25)26)8-9-18(17)27-3/h4-11,13H,1-3H3,(H,22,24)/t13-/m1/s1. The number of benzene rings is 2. The van der Waals surface area contributed by atoms with Gasteiger partial charge in [0.15, 0.2) is 0 Å². The third-order valence-corrected chi connectivity index (χ3v) is 5.24. The van der Waals surface area contributed by atoms with Crippen LogP contribution in [0.15, 0.2) is 53.6 Å². The van der Waals surface area contributed by atoms with Gasteiger partial charge in [0, 0.05) is 17.5 Å². The monoisotopic (exact) mass is 397 g/mol. The molecule has 0 aliphatic rings. The molecule has 144 valence electrons. The highest BCUT2D eigenvalue weighted by molar-refractivity contribution is 8.00. The molecule has 0 fully saturated rings. The van der Waals surface area contributed by atoms with Gasteiger partial charge in [-0.15, -0.1) is 0 Å². The number of para-hydroxylation sites is 1. The molecule has 1 heterocycles. The quantitative estimate of drug-likeness (QED) is 0.372. The number of hydrogen-bond donors (Lipinski definition) is 1. The Bertz CT molecular complexity index is 1050. The zero-order valence-electron chi connectivity index (χ0n) is 15.6. The first-order chi connectivity index (χ1) is 13.4. The molecule has 8 heteroatoms. The third-order valence-electron chi connectivity index (χ3n) is 4.22. The maximum absolute atomic E-state index is 12.6. The Kier molecular flexibility index (Phi) is 5.79. The molecule has 28 heavy (non-hydrogen) atoms. The van der Waals surface area contributed by atoms with Gasteiger partial charge in [0.05, 0.1) is 33.5 Å². The first kappa shape index (κ1) is 19.6. The number of nitrogens with one attached hydrogen (secondary N) is 1. The molecule has 3 rings (SSSR count). The van der Waals surface area contributed by atoms with E-state index in [-0.39, 0.29) is 17.3 Å². The van der Waals surface area contributed by atoms with Crippen LogP contribution in [0.5, 0.6) is 5.75 Å². The summed E-state index contributed by atoms with van der Waals surface area (Å²) in [5.74, 6) is 0.0623. The summed E-state index contributed by atoms with van der Waals surface area (Å²) in [6.45, 7) is 3.77. The largest absolute Gasteiger partial charge is 0.495 e. The summed E-state index contributed by atoms with van der Waals surface area (Å²) in [5.41, 5.74) is 2.10. The number of aryl methyl sites for hydroxylation is 1. The van der Waals surface area contributed by atoms with Crippen molar-refractivity contribution in [2.24, 2.45) is 0 Å². The number of ether oxygens (including phenoxy) is 1. The molecular weight excluding hydrogens is 378 g/mol. The van der Waals surface area contributed by atoms with Crippen molar-refractivity contribution in [2.45, 2.75) is 24.1 Å². The van der Waals surface area contributed by atoms with Gasteiger partial charge in [-0.25, -0.2) is 4.98 Å². The minimum Gasteiger partial charge on any atom is -0.495 e. The van der Waals surface area contributed by atoms with Crippen molar-refractivity contribution in [3.63, 3.8) is 0 Å². The molecule has 0 spiro atoms. The van der Waals surface area contributed by atoms with Crippen LogP contribution in [0.1, 0.15) is 12.5 Å². The zero-order valence-corrected chi connectivity index (χ0v) is 16.4. The van der Waals surface area contributed by atoms with Crippen molar-refractivity contribution < 1.29 is 14.5 Å². The predicted molar refractivity (Wildman–Crippen MR) is 110 cm³/mol. The number of aromatic nitrogens is 1. The summed E-state index contributed by atoms with van der Waals surface area (Å²) < 4.78 is 5.19. The number of methoxy groups -OCH3 is 1. The van der Waals surface area contributed by atoms with Gasteiger partial charge in [0.1, 0.15) is 5.75 Å². The van der Waals surface area contributed by atoms with Crippen molar-refractivity contribution in [1.82, 2.24) is 4.98 Å². The fourth-order valence-electron chi connectivity index (χ4n) is 2.76. The Labute approximate surface area is 166 Å². The molecule has 0 aliphatic carbocycles. The molecule has 1 amide bonds. The first-order valence-corrected chi connectivity index (χ1v) is 9.43. The lowest BCUT2D eigenvalue weighted by molar-refractivity contribution is -0.384. The minimum absolute atomic E-state index is 0.122. The molecule has 0 saturated carbocycles. The van der Waals surface area contributed by atoms with Crippen LogP contribution in [0, 0.1) is 17.0 Å². The highest BCUT2D eigenvalue weighted by Gasteiger charge is 2.19. The van der Waals surface area contributed by atoms with Crippen LogP contribution in [0.25, 0.3) is 10.9 Å². The predicted octanol–water partition coefficient (Wildman–Crippen LogP) is 4.58. The van der Waals surface area contributed by atoms with E-state index in [1.807, 2.05) is 37.3 Å². The number of nitro groups is 1. The second kappa shape index (κ2) is 8.26. The second-order valence-electron chi connectivity index (χ2n) is 6.19. The lowest BCUT2D eigenvalue weighted by Gasteiger charge is -2.14. The number of fused-ring (bicyclic) bond motifs is 1. The van der Waals surface area contributed by atoms with Gasteiger partial charge >= 0.3 is 0 Å². The Morgan fingerprint density at radius 1 is 1.25 bits per heavy atom. The molecule has 0 aliphatic heterocycles. The van der Waals surface area contributed by atoms with Gasteiger partial charge in [-0.3, -0.25) is 14.9 Å². The molecule has 0 unspecified atom stereocenters. The number of non-ortho nitro benzene ring substituents is 1. The van der Waals surface area contributed by atoms with E-state index in [0.29, 0.717) is 5.75 Å².